The van der Waals surface area contributed by atoms with Crippen molar-refractivity contribution in [3.8, 4) is 0 Å². The fourth-order valence-electron chi connectivity index (χ4n) is 4.93. The Morgan fingerprint density at radius 1 is 1.08 bits per heavy atom. The molecule has 3 atom stereocenters. The largest absolute Gasteiger partial charge is 0.479 e. The van der Waals surface area contributed by atoms with Gasteiger partial charge in [0.15, 0.2) is 12.2 Å². The Morgan fingerprint density at radius 2 is 1.69 bits per heavy atom. The Bertz CT molecular complexity index is 1130. The molecule has 2 aliphatic rings. The summed E-state index contributed by atoms with van der Waals surface area (Å²) in [5, 5.41) is 35.5. The van der Waals surface area contributed by atoms with Crippen LogP contribution in [0.15, 0.2) is 35.7 Å². The number of thiophene rings is 1. The van der Waals surface area contributed by atoms with E-state index in [2.05, 4.69) is 16.3 Å². The van der Waals surface area contributed by atoms with Crippen LogP contribution in [0.3, 0.4) is 0 Å². The highest BCUT2D eigenvalue weighted by Gasteiger charge is 2.42. The number of fused-ring (bicyclic) bond motifs is 2. The average Bonchev–Trinajstić information content (AvgIpc) is 3.40. The van der Waals surface area contributed by atoms with Crippen LogP contribution in [-0.4, -0.2) is 101 Å². The number of carbonyl (C=O) groups excluding carboxylic acids is 1. The Morgan fingerprint density at radius 3 is 2.26 bits per heavy atom. The molecule has 39 heavy (non-hydrogen) atoms. The smallest absolute Gasteiger partial charge is 0.335 e. The van der Waals surface area contributed by atoms with Crippen molar-refractivity contribution < 1.29 is 39.5 Å². The zero-order valence-electron chi connectivity index (χ0n) is 22.0. The Labute approximate surface area is 236 Å². The molecule has 0 aliphatic carbocycles. The molecule has 0 radical (unpaired) electrons. The fraction of sp³-hybridized carbons (Fsp3) is 0.519. The van der Waals surface area contributed by atoms with Gasteiger partial charge >= 0.3 is 11.9 Å². The van der Waals surface area contributed by atoms with Gasteiger partial charge in [0, 0.05) is 43.6 Å². The van der Waals surface area contributed by atoms with Crippen molar-refractivity contribution in [3.05, 3.63) is 56.7 Å². The van der Waals surface area contributed by atoms with Crippen molar-refractivity contribution in [1.29, 1.82) is 0 Å². The molecule has 1 aromatic carbocycles. The van der Waals surface area contributed by atoms with Gasteiger partial charge in [-0.15, -0.1) is 11.3 Å². The van der Waals surface area contributed by atoms with Crippen molar-refractivity contribution in [2.24, 2.45) is 5.92 Å². The van der Waals surface area contributed by atoms with Crippen LogP contribution in [-0.2, 0) is 37.6 Å². The first kappa shape index (κ1) is 31.0. The predicted octanol–water partition coefficient (Wildman–Crippen LogP) is 2.09. The maximum Gasteiger partial charge on any atom is 0.335 e. The summed E-state index contributed by atoms with van der Waals surface area (Å²) in [4.78, 5) is 38.0. The number of nitrogens with zero attached hydrogens (tertiary/aromatic N) is 2. The zero-order valence-corrected chi connectivity index (χ0v) is 23.5. The minimum absolute atomic E-state index is 0.0940. The van der Waals surface area contributed by atoms with Gasteiger partial charge in [-0.3, -0.25) is 4.79 Å². The van der Waals surface area contributed by atoms with Crippen LogP contribution in [0, 0.1) is 5.92 Å². The van der Waals surface area contributed by atoms with E-state index in [1.54, 1.807) is 4.90 Å². The minimum atomic E-state index is -2.27. The number of hydrogen-bond donors (Lipinski definition) is 4. The van der Waals surface area contributed by atoms with Gasteiger partial charge in [0.2, 0.25) is 5.91 Å². The van der Waals surface area contributed by atoms with E-state index >= 15 is 0 Å². The van der Waals surface area contributed by atoms with Crippen molar-refractivity contribution >= 4 is 40.8 Å². The van der Waals surface area contributed by atoms with Gasteiger partial charge in [0.05, 0.1) is 12.5 Å². The molecule has 4 N–H and O–H groups in total. The highest BCUT2D eigenvalue weighted by Crippen LogP contribution is 2.44. The number of aliphatic hydroxyl groups excluding tert-OH is 2. The summed E-state index contributed by atoms with van der Waals surface area (Å²) < 4.78 is 6.33. The number of aliphatic hydroxyl groups is 2. The predicted molar refractivity (Wildman–Crippen MR) is 146 cm³/mol. The lowest BCUT2D eigenvalue weighted by Crippen LogP contribution is -2.48. The minimum Gasteiger partial charge on any atom is -0.479 e. The number of likely N-dealkylation sites (tertiary alicyclic amines) is 1. The standard InChI is InChI=1S/C23H29ClN2O2S.C4H6O6/c1-25(2)22(27)19(15-18-5-3-4-6-20(18)24)16-26-11-9-23(10-12-26)21-17(7-13-28-23)8-14-29-21;5-1(3(7)8)2(6)4(9)10/h3-6,8,14,19H,7,9-13,15-16H2,1-2H3;1-2,5-6H,(H,7,8)(H,9,10). The van der Waals surface area contributed by atoms with E-state index in [1.807, 2.05) is 49.7 Å². The molecule has 2 aliphatic heterocycles. The number of aliphatic carboxylic acids is 2. The molecule has 0 bridgehead atoms. The molecule has 10 nitrogen and oxygen atoms in total. The molecule has 2 aromatic rings. The third kappa shape index (κ3) is 7.77. The molecule has 0 saturated carbocycles. The van der Waals surface area contributed by atoms with E-state index < -0.39 is 24.1 Å². The number of hydrogen-bond acceptors (Lipinski definition) is 8. The SMILES string of the molecule is CN(C)C(=O)C(Cc1ccccc1Cl)CN1CCC2(CC1)OCCc1ccsc12.O=C(O)C(O)C(O)C(=O)O. The van der Waals surface area contributed by atoms with Crippen LogP contribution in [0.4, 0.5) is 0 Å². The second kappa shape index (κ2) is 13.7. The third-order valence-electron chi connectivity index (χ3n) is 7.07. The van der Waals surface area contributed by atoms with Crippen molar-refractivity contribution in [1.82, 2.24) is 9.80 Å². The van der Waals surface area contributed by atoms with Crippen LogP contribution in [0.1, 0.15) is 28.8 Å². The van der Waals surface area contributed by atoms with E-state index in [0.717, 1.165) is 56.1 Å². The molecule has 3 heterocycles. The molecule has 4 rings (SSSR count). The summed E-state index contributed by atoms with van der Waals surface area (Å²) in [7, 11) is 3.67. The number of amides is 1. The lowest BCUT2D eigenvalue weighted by molar-refractivity contribution is -0.165. The van der Waals surface area contributed by atoms with E-state index in [0.29, 0.717) is 6.42 Å². The van der Waals surface area contributed by atoms with Gasteiger partial charge in [-0.1, -0.05) is 29.8 Å². The highest BCUT2D eigenvalue weighted by atomic mass is 35.5. The maximum atomic E-state index is 12.9. The van der Waals surface area contributed by atoms with Crippen molar-refractivity contribution in [3.63, 3.8) is 0 Å². The lowest BCUT2D eigenvalue weighted by atomic mass is 9.85. The molecule has 1 spiro atoms. The van der Waals surface area contributed by atoms with Gasteiger partial charge in [-0.05, 0) is 54.3 Å². The maximum absolute atomic E-state index is 12.9. The first-order valence-electron chi connectivity index (χ1n) is 12.6. The molecule has 1 fully saturated rings. The second-order valence-corrected chi connectivity index (χ2v) is 11.3. The van der Waals surface area contributed by atoms with Crippen LogP contribution in [0.25, 0.3) is 0 Å². The number of carboxylic acid groups (broad SMARTS) is 2. The van der Waals surface area contributed by atoms with Gasteiger partial charge < -0.3 is 35.0 Å². The molecule has 214 valence electrons. The summed E-state index contributed by atoms with van der Waals surface area (Å²) in [5.41, 5.74) is 2.40. The fourth-order valence-corrected chi connectivity index (χ4v) is 6.31. The number of piperidine rings is 1. The van der Waals surface area contributed by atoms with E-state index in [9.17, 15) is 14.4 Å². The summed E-state index contributed by atoms with van der Waals surface area (Å²) in [6, 6.07) is 10.1. The summed E-state index contributed by atoms with van der Waals surface area (Å²) >= 11 is 8.22. The Balaban J connectivity index is 0.000000360. The molecule has 1 aromatic heterocycles. The zero-order chi connectivity index (χ0) is 28.7. The first-order valence-corrected chi connectivity index (χ1v) is 13.9. The molecular formula is C27H35ClN2O8S. The molecule has 1 amide bonds. The number of rotatable bonds is 8. The normalized spacial score (nSPS) is 18.7. The molecular weight excluding hydrogens is 548 g/mol. The van der Waals surface area contributed by atoms with Gasteiger partial charge in [0.1, 0.15) is 5.60 Å². The Kier molecular flexibility index (Phi) is 10.9. The van der Waals surface area contributed by atoms with E-state index in [1.165, 1.54) is 10.4 Å². The number of carboxylic acids is 2. The van der Waals surface area contributed by atoms with Crippen LogP contribution in [0.5, 0.6) is 0 Å². The van der Waals surface area contributed by atoms with Crippen LogP contribution < -0.4 is 0 Å². The number of carbonyl (C=O) groups is 3. The number of ether oxygens (including phenoxy) is 1. The van der Waals surface area contributed by atoms with E-state index in [4.69, 9.17) is 36.8 Å². The Hall–Kier alpha value is -2.54. The molecule has 12 heteroatoms. The topological polar surface area (TPSA) is 148 Å². The second-order valence-electron chi connectivity index (χ2n) is 9.96. The summed E-state index contributed by atoms with van der Waals surface area (Å²) in [5.74, 6) is -3.46. The third-order valence-corrected chi connectivity index (χ3v) is 8.58. The molecule has 3 unspecified atom stereocenters. The van der Waals surface area contributed by atoms with Crippen molar-refractivity contribution in [2.45, 2.75) is 43.5 Å². The molecule has 1 saturated heterocycles. The first-order chi connectivity index (χ1) is 18.4. The highest BCUT2D eigenvalue weighted by molar-refractivity contribution is 7.10. The monoisotopic (exact) mass is 582 g/mol. The van der Waals surface area contributed by atoms with Gasteiger partial charge in [-0.25, -0.2) is 9.59 Å². The number of benzene rings is 1. The number of halogens is 1. The van der Waals surface area contributed by atoms with Crippen LogP contribution in [0.2, 0.25) is 5.02 Å². The lowest BCUT2D eigenvalue weighted by Gasteiger charge is -2.44. The quantitative estimate of drug-likeness (QED) is 0.367. The summed E-state index contributed by atoms with van der Waals surface area (Å²) in [6.45, 7) is 3.49. The van der Waals surface area contributed by atoms with Gasteiger partial charge in [-0.2, -0.15) is 0 Å². The van der Waals surface area contributed by atoms with E-state index in [-0.39, 0.29) is 17.4 Å². The average molecular weight is 583 g/mol. The van der Waals surface area contributed by atoms with Crippen LogP contribution >= 0.6 is 22.9 Å². The van der Waals surface area contributed by atoms with Crippen molar-refractivity contribution in [2.75, 3.05) is 40.3 Å². The summed E-state index contributed by atoms with van der Waals surface area (Å²) in [6.07, 6.45) is -0.842. The van der Waals surface area contributed by atoms with Gasteiger partial charge in [0.25, 0.3) is 0 Å².